The number of hydrogen-bond donors (Lipinski definition) is 7. The number of hydrogen-bond acceptors (Lipinski definition) is 24. The summed E-state index contributed by atoms with van der Waals surface area (Å²) in [5, 5.41) is 25.3. The van der Waals surface area contributed by atoms with Crippen molar-refractivity contribution in [2.24, 2.45) is 17.6 Å². The lowest BCUT2D eigenvalue weighted by molar-refractivity contribution is -0.368. The molecular formula is C82H105F4N18O18P2+. The Morgan fingerprint density at radius 2 is 0.887 bits per heavy atom. The zero-order valence-corrected chi connectivity index (χ0v) is 70.9. The predicted octanol–water partition coefficient (Wildman–Crippen LogP) is 8.14. The molecule has 668 valence electrons. The van der Waals surface area contributed by atoms with Crippen LogP contribution in [0.2, 0.25) is 0 Å². The van der Waals surface area contributed by atoms with Gasteiger partial charge in [-0.1, -0.05) is 26.0 Å². The summed E-state index contributed by atoms with van der Waals surface area (Å²) in [4.78, 5) is 89.6. The van der Waals surface area contributed by atoms with E-state index in [0.717, 1.165) is 107 Å². The van der Waals surface area contributed by atoms with Gasteiger partial charge in [0.2, 0.25) is 0 Å². The van der Waals surface area contributed by atoms with Gasteiger partial charge < -0.3 is 84.2 Å². The second kappa shape index (κ2) is 42.4. The molecule has 4 fully saturated rings. The minimum absolute atomic E-state index is 0.0339. The van der Waals surface area contributed by atoms with Crippen LogP contribution in [0.3, 0.4) is 0 Å². The van der Waals surface area contributed by atoms with Crippen LogP contribution in [0.4, 0.5) is 40.3 Å². The molecule has 36 nitrogen and oxygen atoms in total. The minimum atomic E-state index is -4.68. The molecule has 0 radical (unpaired) electrons. The molecule has 0 spiro atoms. The lowest BCUT2D eigenvalue weighted by Gasteiger charge is -2.37. The molecule has 0 bridgehead atoms. The second-order valence-electron chi connectivity index (χ2n) is 30.7. The summed E-state index contributed by atoms with van der Waals surface area (Å²) in [7, 11) is -9.35. The molecule has 10 aromatic rings. The first-order valence-electron chi connectivity index (χ1n) is 40.7. The highest BCUT2D eigenvalue weighted by Gasteiger charge is 2.47. The Morgan fingerprint density at radius 1 is 0.532 bits per heavy atom. The average Bonchev–Trinajstić information content (AvgIpc) is 1.59. The molecule has 0 aliphatic carbocycles. The molecule has 42 heteroatoms. The van der Waals surface area contributed by atoms with Gasteiger partial charge in [-0.25, -0.2) is 74.1 Å². The van der Waals surface area contributed by atoms with Crippen molar-refractivity contribution in [3.05, 3.63) is 227 Å². The summed E-state index contributed by atoms with van der Waals surface area (Å²) in [6.45, 7) is 15.0. The topological polar surface area (TPSA) is 434 Å². The van der Waals surface area contributed by atoms with E-state index >= 15 is 0 Å². The first kappa shape index (κ1) is 92.6. The fourth-order valence-electron chi connectivity index (χ4n) is 15.8. The monoisotopic (exact) mass is 1770 g/mol. The number of unbranched alkanes of at least 4 members (excludes halogenated alkanes) is 1. The number of rotatable bonds is 37. The maximum atomic E-state index is 15.0. The number of aromatic nitrogens is 12. The molecule has 10 N–H and O–H groups in total. The van der Waals surface area contributed by atoms with Gasteiger partial charge >= 0.3 is 33.0 Å². The van der Waals surface area contributed by atoms with Gasteiger partial charge in [0.05, 0.1) is 81.7 Å². The zero-order valence-electron chi connectivity index (χ0n) is 69.1. The van der Waals surface area contributed by atoms with Crippen LogP contribution in [0, 0.1) is 35.1 Å². The SMILES string of the molecule is CC[C@@H]([C@H](C)OCOP(=O)(O)O)n1ncn(-c2ccc(N3CCN(c4ccc(OC[C@H]5COC(Cn6cncn6)(c6ccc(F)cc6F)C5)cc4)CC3)cc2)c1=O.CC[C@@H]([C@H](C)OCOP(=O)(O)O)n1ncn(-c2ccc(N3CCN(c4ccc(OC[C@H]5COC(Cn6cncn6)(c6ccc(F)cc6F)C5)cc4)CC3)cc2)c1=O.NC(CCCC[NH3+])C(=O)O. The van der Waals surface area contributed by atoms with Gasteiger partial charge in [-0.15, -0.1) is 0 Å². The summed E-state index contributed by atoms with van der Waals surface area (Å²) in [5.74, 6) is -2.18. The minimum Gasteiger partial charge on any atom is -0.493 e. The van der Waals surface area contributed by atoms with E-state index in [1.54, 1.807) is 35.9 Å². The number of quaternary nitrogens is 1. The Labute approximate surface area is 711 Å². The highest BCUT2D eigenvalue weighted by molar-refractivity contribution is 7.46. The number of halogens is 4. The van der Waals surface area contributed by atoms with Crippen molar-refractivity contribution in [2.75, 3.05) is 119 Å². The molecule has 4 saturated heterocycles. The maximum Gasteiger partial charge on any atom is 0.471 e. The van der Waals surface area contributed by atoms with E-state index in [0.29, 0.717) is 81.4 Å². The van der Waals surface area contributed by atoms with E-state index in [1.165, 1.54) is 68.1 Å². The van der Waals surface area contributed by atoms with Crippen LogP contribution in [0.1, 0.15) is 95.9 Å². The van der Waals surface area contributed by atoms with Crippen molar-refractivity contribution in [3.8, 4) is 22.9 Å². The zero-order chi connectivity index (χ0) is 88.3. The molecule has 0 amide bonds. The van der Waals surface area contributed by atoms with Gasteiger partial charge in [0, 0.05) is 110 Å². The normalized spacial score (nSPS) is 19.3. The van der Waals surface area contributed by atoms with Crippen molar-refractivity contribution >= 4 is 44.4 Å². The Bertz CT molecular complexity index is 4960. The number of carboxylic acids is 1. The second-order valence-corrected chi connectivity index (χ2v) is 33.2. The third-order valence-electron chi connectivity index (χ3n) is 22.3. The third kappa shape index (κ3) is 24.3. The number of phosphoric ester groups is 2. The molecule has 4 aromatic heterocycles. The smallest absolute Gasteiger partial charge is 0.471 e. The molecule has 6 aromatic carbocycles. The number of piperazine rings is 2. The number of carboxylic acid groups (broad SMARTS) is 1. The fourth-order valence-corrected chi connectivity index (χ4v) is 16.1. The number of aliphatic carboxylic acids is 1. The highest BCUT2D eigenvalue weighted by Crippen LogP contribution is 2.45. The van der Waals surface area contributed by atoms with Gasteiger partial charge in [-0.05, 0) is 168 Å². The maximum absolute atomic E-state index is 15.0. The number of nitrogens with two attached hydrogens (primary N) is 1. The lowest BCUT2D eigenvalue weighted by atomic mass is 9.87. The summed E-state index contributed by atoms with van der Waals surface area (Å²) in [6.07, 6.45) is 11.9. The Hall–Kier alpha value is -10.6. The number of carbonyl (C=O) groups is 1. The highest BCUT2D eigenvalue weighted by atomic mass is 31.2. The standard InChI is InChI=1S/2C38H45F2N8O8P.C6H14N2O2/c2*1-3-36(27(2)54-26-56-57(50,51)52)48-37(49)47(25-43-48)32-7-5-30(6-8-32)44-14-16-45(17-15-44)31-9-11-33(12-10-31)53-20-28-19-38(55-21-28,22-46-24-41-23-42-46)34-13-4-29(39)18-35(34)40;7-4-2-1-3-5(8)6(9)10/h2*4-13,18,23-25,27-28,36H,3,14-17,19-22,26H2,1-2H3,(H2,50,51,52);5H,1-4,7-8H2,(H,9,10)/p+1/t2*27-,28-,36-,38?;/m00./s1. The van der Waals surface area contributed by atoms with Crippen LogP contribution in [0.5, 0.6) is 11.5 Å². The average molecular weight is 1770 g/mol. The molecule has 4 aliphatic rings. The Balaban J connectivity index is 0.000000203. The van der Waals surface area contributed by atoms with Crippen molar-refractivity contribution in [1.82, 2.24) is 58.2 Å². The molecule has 124 heavy (non-hydrogen) atoms. The van der Waals surface area contributed by atoms with Crippen molar-refractivity contribution < 1.29 is 99.4 Å². The first-order chi connectivity index (χ1) is 59.5. The van der Waals surface area contributed by atoms with Crippen LogP contribution in [-0.4, -0.2) is 206 Å². The van der Waals surface area contributed by atoms with Crippen LogP contribution in [-0.2, 0) is 66.2 Å². The van der Waals surface area contributed by atoms with Gasteiger partial charge in [0.15, 0.2) is 13.6 Å². The van der Waals surface area contributed by atoms with Gasteiger partial charge in [-0.2, -0.15) is 20.4 Å². The molecule has 3 unspecified atom stereocenters. The van der Waals surface area contributed by atoms with E-state index in [2.05, 4.69) is 64.7 Å². The van der Waals surface area contributed by atoms with E-state index in [4.69, 9.17) is 58.8 Å². The van der Waals surface area contributed by atoms with E-state index < -0.39 is 100 Å². The van der Waals surface area contributed by atoms with E-state index in [9.17, 15) is 41.1 Å². The summed E-state index contributed by atoms with van der Waals surface area (Å²) in [5.41, 5.74) is 12.2. The molecule has 14 rings (SSSR count). The molecule has 4 aliphatic heterocycles. The summed E-state index contributed by atoms with van der Waals surface area (Å²) >= 11 is 0. The molecule has 8 heterocycles. The molecular weight excluding hydrogens is 1660 g/mol. The van der Waals surface area contributed by atoms with E-state index in [-0.39, 0.29) is 47.4 Å². The quantitative estimate of drug-likeness (QED) is 0.00835. The Morgan fingerprint density at radius 3 is 1.20 bits per heavy atom. The van der Waals surface area contributed by atoms with Gasteiger partial charge in [0.25, 0.3) is 0 Å². The lowest BCUT2D eigenvalue weighted by Crippen LogP contribution is -2.50. The van der Waals surface area contributed by atoms with Crippen molar-refractivity contribution in [1.29, 1.82) is 0 Å². The van der Waals surface area contributed by atoms with Crippen LogP contribution in [0.25, 0.3) is 11.4 Å². The third-order valence-corrected chi connectivity index (χ3v) is 23.2. The van der Waals surface area contributed by atoms with Crippen molar-refractivity contribution in [2.45, 2.75) is 127 Å². The number of nitrogens with zero attached hydrogens (tertiary/aromatic N) is 16. The van der Waals surface area contributed by atoms with Gasteiger partial charge in [-0.3, -0.25) is 13.8 Å². The first-order valence-corrected chi connectivity index (χ1v) is 43.8. The Kier molecular flexibility index (Phi) is 31.7. The van der Waals surface area contributed by atoms with E-state index in [1.807, 2.05) is 111 Å². The number of anilines is 4. The van der Waals surface area contributed by atoms with Crippen LogP contribution < -0.4 is 51.9 Å². The number of benzene rings is 6. The predicted molar refractivity (Wildman–Crippen MR) is 446 cm³/mol. The fraction of sp³-hybridized carbons (Fsp3) is 0.451. The van der Waals surface area contributed by atoms with Crippen LogP contribution >= 0.6 is 15.6 Å². The van der Waals surface area contributed by atoms with Gasteiger partial charge in [0.1, 0.15) is 90.0 Å². The van der Waals surface area contributed by atoms with Crippen molar-refractivity contribution in [3.63, 3.8) is 0 Å². The van der Waals surface area contributed by atoms with Crippen LogP contribution in [0.15, 0.2) is 181 Å². The number of phosphoric acid groups is 2. The summed E-state index contributed by atoms with van der Waals surface area (Å²) in [6, 6.07) is 36.8. The molecule has 9 atom stereocenters. The number of ether oxygens (including phenoxy) is 6. The summed E-state index contributed by atoms with van der Waals surface area (Å²) < 4.78 is 133. The largest absolute Gasteiger partial charge is 0.493 e. The molecule has 0 saturated carbocycles.